The Balaban J connectivity index is 1.13. The predicted octanol–water partition coefficient (Wildman–Crippen LogP) is 5.32. The average molecular weight is 675 g/mol. The first kappa shape index (κ1) is 32.5. The van der Waals surface area contributed by atoms with Crippen LogP contribution in [0.15, 0.2) is 65.7 Å². The molecule has 1 aromatic heterocycles. The molecule has 3 heterocycles. The summed E-state index contributed by atoms with van der Waals surface area (Å²) in [5, 5.41) is 17.4. The predicted molar refractivity (Wildman–Crippen MR) is 184 cm³/mol. The second-order valence-electron chi connectivity index (χ2n) is 10.9. The van der Waals surface area contributed by atoms with Gasteiger partial charge in [0.1, 0.15) is 16.7 Å². The molecule has 4 aromatic rings. The van der Waals surface area contributed by atoms with Gasteiger partial charge in [-0.05, 0) is 60.0 Å². The molecule has 2 aliphatic rings. The molecule has 1 amide bonds. The minimum Gasteiger partial charge on any atom is -0.493 e. The van der Waals surface area contributed by atoms with Crippen molar-refractivity contribution in [2.24, 2.45) is 0 Å². The second kappa shape index (κ2) is 15.0. The summed E-state index contributed by atoms with van der Waals surface area (Å²) in [6.45, 7) is 5.29. The van der Waals surface area contributed by atoms with Crippen molar-refractivity contribution in [3.8, 4) is 28.4 Å². The monoisotopic (exact) mass is 674 g/mol. The average Bonchev–Trinajstić information content (AvgIpc) is 3.66. The van der Waals surface area contributed by atoms with Crippen molar-refractivity contribution >= 4 is 57.2 Å². The van der Waals surface area contributed by atoms with Crippen LogP contribution in [0, 0.1) is 0 Å². The lowest BCUT2D eigenvalue weighted by Crippen LogP contribution is -2.38. The summed E-state index contributed by atoms with van der Waals surface area (Å²) in [5.41, 5.74) is 3.77. The number of H-pyrrole nitrogens is 1. The maximum absolute atomic E-state index is 13.4. The summed E-state index contributed by atoms with van der Waals surface area (Å²) >= 11 is 6.84. The van der Waals surface area contributed by atoms with Crippen LogP contribution in [0.1, 0.15) is 22.3 Å². The molecular formula is C34H34N4O7S2. The molecule has 0 atom stereocenters. The van der Waals surface area contributed by atoms with E-state index in [1.165, 1.54) is 31.0 Å². The maximum Gasteiger partial charge on any atom is 0.335 e. The number of fused-ring (bicyclic) bond motifs is 1. The number of carboxylic acids is 1. The molecule has 0 aliphatic carbocycles. The highest BCUT2D eigenvalue weighted by Gasteiger charge is 2.31. The number of thioether (sulfide) groups is 1. The highest BCUT2D eigenvalue weighted by Crippen LogP contribution is 2.37. The number of aromatic amines is 1. The van der Waals surface area contributed by atoms with Crippen LogP contribution in [0.5, 0.6) is 17.2 Å². The first-order valence-electron chi connectivity index (χ1n) is 15.2. The largest absolute Gasteiger partial charge is 0.493 e. The number of methoxy groups -OCH3 is 1. The molecular weight excluding hydrogens is 641 g/mol. The molecule has 2 aliphatic heterocycles. The van der Waals surface area contributed by atoms with Gasteiger partial charge in [-0.25, -0.2) is 4.79 Å². The van der Waals surface area contributed by atoms with Gasteiger partial charge in [0.15, 0.2) is 11.5 Å². The van der Waals surface area contributed by atoms with Gasteiger partial charge in [0, 0.05) is 37.1 Å². The molecule has 6 rings (SSSR count). The number of aromatic carboxylic acids is 1. The quantitative estimate of drug-likeness (QED) is 0.109. The van der Waals surface area contributed by atoms with Gasteiger partial charge in [-0.3, -0.25) is 19.7 Å². The topological polar surface area (TPSA) is 126 Å². The number of aromatic nitrogens is 2. The number of rotatable bonds is 13. The third-order valence-corrected chi connectivity index (χ3v) is 9.27. The molecule has 2 saturated heterocycles. The number of carboxylic acid groups (broad SMARTS) is 1. The number of carbonyl (C=O) groups excluding carboxylic acids is 1. The van der Waals surface area contributed by atoms with Crippen LogP contribution in [-0.2, 0) is 9.53 Å². The van der Waals surface area contributed by atoms with Gasteiger partial charge in [-0.1, -0.05) is 42.2 Å². The third kappa shape index (κ3) is 7.76. The van der Waals surface area contributed by atoms with Gasteiger partial charge in [0.2, 0.25) is 0 Å². The standard InChI is InChI=1S/C34H34N4O7S2/c1-42-30-20-24(33(40)41)6-8-29(30)44-13-2-9-38-32(39)31(47-34(38)46)18-22-3-7-28(45-16-12-37-10-14-43-15-11-37)26(17-22)23-4-5-25-21-35-36-27(25)19-23/h3-8,17-21H,2,9-16H2,1H3,(H,35,36)(H,40,41)/b31-18-. The maximum atomic E-state index is 13.4. The Kier molecular flexibility index (Phi) is 10.4. The van der Waals surface area contributed by atoms with Crippen molar-refractivity contribution in [2.45, 2.75) is 6.42 Å². The summed E-state index contributed by atoms with van der Waals surface area (Å²) in [5.74, 6) is 0.313. The zero-order valence-corrected chi connectivity index (χ0v) is 27.4. The number of carbonyl (C=O) groups is 2. The Labute approximate surface area is 281 Å². The van der Waals surface area contributed by atoms with Crippen LogP contribution in [-0.4, -0.2) is 101 Å². The second-order valence-corrected chi connectivity index (χ2v) is 12.6. The van der Waals surface area contributed by atoms with E-state index in [1.54, 1.807) is 17.2 Å². The summed E-state index contributed by atoms with van der Waals surface area (Å²) in [4.78, 5) is 29.1. The fourth-order valence-electron chi connectivity index (χ4n) is 5.37. The Hall–Kier alpha value is -4.43. The van der Waals surface area contributed by atoms with Crippen LogP contribution in [0.3, 0.4) is 0 Å². The zero-order valence-electron chi connectivity index (χ0n) is 25.8. The fourth-order valence-corrected chi connectivity index (χ4v) is 6.68. The molecule has 11 nitrogen and oxygen atoms in total. The van der Waals surface area contributed by atoms with Crippen molar-refractivity contribution in [1.29, 1.82) is 0 Å². The highest BCUT2D eigenvalue weighted by atomic mass is 32.2. The number of hydrogen-bond acceptors (Lipinski definition) is 10. The summed E-state index contributed by atoms with van der Waals surface area (Å²) < 4.78 is 23.3. The molecule has 0 saturated carbocycles. The van der Waals surface area contributed by atoms with E-state index in [1.807, 2.05) is 42.5 Å². The highest BCUT2D eigenvalue weighted by molar-refractivity contribution is 8.26. The van der Waals surface area contributed by atoms with Gasteiger partial charge in [-0.2, -0.15) is 5.10 Å². The number of nitrogens with zero attached hydrogens (tertiary/aromatic N) is 3. The molecule has 3 aromatic carbocycles. The number of amides is 1. The molecule has 244 valence electrons. The van der Waals surface area contributed by atoms with E-state index < -0.39 is 5.97 Å². The molecule has 0 unspecified atom stereocenters. The Bertz CT molecular complexity index is 1820. The lowest BCUT2D eigenvalue weighted by atomic mass is 10.0. The molecule has 47 heavy (non-hydrogen) atoms. The Morgan fingerprint density at radius 3 is 2.66 bits per heavy atom. The van der Waals surface area contributed by atoms with Crippen molar-refractivity contribution in [2.75, 3.05) is 59.7 Å². The summed E-state index contributed by atoms with van der Waals surface area (Å²) in [6, 6.07) is 16.5. The van der Waals surface area contributed by atoms with Crippen molar-refractivity contribution in [3.63, 3.8) is 0 Å². The summed E-state index contributed by atoms with van der Waals surface area (Å²) in [6.07, 6.45) is 4.17. The molecule has 0 spiro atoms. The molecule has 0 radical (unpaired) electrons. The molecule has 0 bridgehead atoms. The van der Waals surface area contributed by atoms with Gasteiger partial charge in [0.05, 0.1) is 49.1 Å². The van der Waals surface area contributed by atoms with Crippen molar-refractivity contribution in [3.05, 3.63) is 76.8 Å². The van der Waals surface area contributed by atoms with Crippen LogP contribution in [0.25, 0.3) is 28.1 Å². The van der Waals surface area contributed by atoms with E-state index in [-0.39, 0.29) is 18.1 Å². The summed E-state index contributed by atoms with van der Waals surface area (Å²) in [7, 11) is 1.45. The molecule has 13 heteroatoms. The van der Waals surface area contributed by atoms with Crippen LogP contribution >= 0.6 is 24.0 Å². The number of nitrogens with one attached hydrogen (secondary N) is 1. The van der Waals surface area contributed by atoms with Crippen LogP contribution in [0.4, 0.5) is 0 Å². The van der Waals surface area contributed by atoms with Crippen LogP contribution in [0.2, 0.25) is 0 Å². The van der Waals surface area contributed by atoms with Gasteiger partial charge < -0.3 is 24.1 Å². The minimum atomic E-state index is -1.05. The first-order valence-corrected chi connectivity index (χ1v) is 16.4. The first-order chi connectivity index (χ1) is 22.9. The number of morpholine rings is 1. The van der Waals surface area contributed by atoms with E-state index in [9.17, 15) is 14.7 Å². The lowest BCUT2D eigenvalue weighted by Gasteiger charge is -2.26. The number of ether oxygens (including phenoxy) is 4. The van der Waals surface area contributed by atoms with E-state index in [0.29, 0.717) is 40.3 Å². The fraction of sp³-hybridized carbons (Fsp3) is 0.294. The third-order valence-electron chi connectivity index (χ3n) is 7.89. The van der Waals surface area contributed by atoms with Gasteiger partial charge >= 0.3 is 5.97 Å². The smallest absolute Gasteiger partial charge is 0.335 e. The zero-order chi connectivity index (χ0) is 32.8. The van der Waals surface area contributed by atoms with Gasteiger partial charge in [0.25, 0.3) is 5.91 Å². The molecule has 2 fully saturated rings. The van der Waals surface area contributed by atoms with E-state index in [4.69, 9.17) is 31.2 Å². The molecule has 2 N–H and O–H groups in total. The van der Waals surface area contributed by atoms with E-state index >= 15 is 0 Å². The van der Waals surface area contributed by atoms with Crippen LogP contribution < -0.4 is 14.2 Å². The Morgan fingerprint density at radius 2 is 1.85 bits per heavy atom. The normalized spacial score (nSPS) is 16.3. The van der Waals surface area contributed by atoms with E-state index in [2.05, 4.69) is 15.1 Å². The number of thiocarbonyl (C=S) groups is 1. The number of benzene rings is 3. The SMILES string of the molecule is COc1cc(C(=O)O)ccc1OCCCN1C(=O)/C(=C/c2ccc(OCCN3CCOCC3)c(-c3ccc4cn[nH]c4c3)c2)SC1=S. The lowest BCUT2D eigenvalue weighted by molar-refractivity contribution is -0.122. The van der Waals surface area contributed by atoms with Crippen molar-refractivity contribution in [1.82, 2.24) is 20.0 Å². The van der Waals surface area contributed by atoms with Crippen molar-refractivity contribution < 1.29 is 33.6 Å². The number of hydrogen-bond donors (Lipinski definition) is 2. The Morgan fingerprint density at radius 1 is 1.04 bits per heavy atom. The van der Waals surface area contributed by atoms with Gasteiger partial charge in [-0.15, -0.1) is 0 Å². The minimum absolute atomic E-state index is 0.107. The van der Waals surface area contributed by atoms with E-state index in [0.717, 1.165) is 66.2 Å².